The average molecular weight is 425 g/mol. The smallest absolute Gasteiger partial charge is 0.251 e. The van der Waals surface area contributed by atoms with Crippen LogP contribution in [0.4, 0.5) is 0 Å². The predicted octanol–water partition coefficient (Wildman–Crippen LogP) is 5.04. The highest BCUT2D eigenvalue weighted by atomic mass is 32.2. The molecule has 5 nitrogen and oxygen atoms in total. The fraction of sp³-hybridized carbons (Fsp3) is 0.333. The number of hydrogen-bond donors (Lipinski definition) is 1. The first kappa shape index (κ1) is 22.0. The molecule has 0 spiro atoms. The molecule has 0 unspecified atom stereocenters. The number of aryl methyl sites for hydroxylation is 2. The van der Waals surface area contributed by atoms with E-state index in [1.807, 2.05) is 50.2 Å². The second kappa shape index (κ2) is 9.85. The first-order valence-corrected chi connectivity index (χ1v) is 11.5. The number of hydrogen-bond acceptors (Lipinski definition) is 4. The fourth-order valence-corrected chi connectivity index (χ4v) is 4.05. The van der Waals surface area contributed by atoms with Crippen LogP contribution in [-0.4, -0.2) is 21.6 Å². The summed E-state index contributed by atoms with van der Waals surface area (Å²) in [4.78, 5) is 17.5. The van der Waals surface area contributed by atoms with Gasteiger partial charge >= 0.3 is 0 Å². The molecule has 1 amide bonds. The molecule has 0 saturated carbocycles. The Morgan fingerprint density at radius 3 is 2.37 bits per heavy atom. The first-order chi connectivity index (χ1) is 14.3. The number of carbonyl (C=O) groups excluding carboxylic acids is 1. The normalized spacial score (nSPS) is 12.2. The van der Waals surface area contributed by atoms with Crippen molar-refractivity contribution in [1.82, 2.24) is 10.3 Å². The number of carbonyl (C=O) groups is 1. The van der Waals surface area contributed by atoms with Gasteiger partial charge in [0.05, 0.1) is 22.2 Å². The van der Waals surface area contributed by atoms with Crippen LogP contribution < -0.4 is 5.32 Å². The summed E-state index contributed by atoms with van der Waals surface area (Å²) in [6.45, 7) is 8.75. The van der Waals surface area contributed by atoms with E-state index in [4.69, 9.17) is 4.42 Å². The van der Waals surface area contributed by atoms with E-state index in [0.29, 0.717) is 41.1 Å². The largest absolute Gasteiger partial charge is 0.441 e. The highest BCUT2D eigenvalue weighted by molar-refractivity contribution is 7.84. The Bertz CT molecular complexity index is 1020. The van der Waals surface area contributed by atoms with Crippen LogP contribution in [0.1, 0.15) is 47.6 Å². The summed E-state index contributed by atoms with van der Waals surface area (Å²) in [6.07, 6.45) is 0.951. The van der Waals surface area contributed by atoms with Gasteiger partial charge in [-0.25, -0.2) is 4.98 Å². The quantitative estimate of drug-likeness (QED) is 0.550. The molecule has 0 aliphatic rings. The molecule has 1 aromatic heterocycles. The van der Waals surface area contributed by atoms with Crippen molar-refractivity contribution in [1.29, 1.82) is 0 Å². The number of nitrogens with zero attached hydrogens (tertiary/aromatic N) is 1. The molecule has 2 aromatic carbocycles. The Morgan fingerprint density at radius 2 is 1.73 bits per heavy atom. The lowest BCUT2D eigenvalue weighted by molar-refractivity contribution is 0.0952. The second-order valence-electron chi connectivity index (χ2n) is 7.84. The predicted molar refractivity (Wildman–Crippen MR) is 120 cm³/mol. The lowest BCUT2D eigenvalue weighted by Crippen LogP contribution is -2.25. The maximum atomic E-state index is 12.7. The molecule has 0 saturated heterocycles. The standard InChI is InChI=1S/C24H28N2O3S/c1-16(2)13-14-25-23(27)19-7-9-20(10-8-19)24-26-22(18(4)29-24)15-30(28)21-11-5-17(3)6-12-21/h5-12,16H,13-15H2,1-4H3,(H,25,27)/t30-/m0/s1. The molecule has 0 fully saturated rings. The van der Waals surface area contributed by atoms with Crippen molar-refractivity contribution in [2.45, 2.75) is 44.8 Å². The van der Waals surface area contributed by atoms with Crippen LogP contribution in [0.25, 0.3) is 11.5 Å². The second-order valence-corrected chi connectivity index (χ2v) is 9.29. The zero-order valence-corrected chi connectivity index (χ0v) is 18.7. The topological polar surface area (TPSA) is 72.2 Å². The number of oxazole rings is 1. The van der Waals surface area contributed by atoms with Crippen molar-refractivity contribution in [2.75, 3.05) is 6.54 Å². The van der Waals surface area contributed by atoms with Gasteiger partial charge in [0.15, 0.2) is 0 Å². The van der Waals surface area contributed by atoms with E-state index in [1.165, 1.54) is 0 Å². The first-order valence-electron chi connectivity index (χ1n) is 10.1. The molecule has 3 aromatic rings. The molecule has 1 heterocycles. The molecular weight excluding hydrogens is 396 g/mol. The SMILES string of the molecule is Cc1ccc([S@@](=O)Cc2nc(-c3ccc(C(=O)NCCC(C)C)cc3)oc2C)cc1. The van der Waals surface area contributed by atoms with Gasteiger partial charge in [-0.05, 0) is 62.6 Å². The Hall–Kier alpha value is -2.73. The number of rotatable bonds is 8. The summed E-state index contributed by atoms with van der Waals surface area (Å²) < 4.78 is 18.5. The van der Waals surface area contributed by atoms with Crippen molar-refractivity contribution < 1.29 is 13.4 Å². The van der Waals surface area contributed by atoms with Gasteiger partial charge in [0.2, 0.25) is 5.89 Å². The Kier molecular flexibility index (Phi) is 7.21. The van der Waals surface area contributed by atoms with Crippen molar-refractivity contribution in [3.05, 3.63) is 71.1 Å². The third-order valence-corrected chi connectivity index (χ3v) is 6.18. The van der Waals surface area contributed by atoms with Gasteiger partial charge in [0.1, 0.15) is 5.76 Å². The Morgan fingerprint density at radius 1 is 1.07 bits per heavy atom. The van der Waals surface area contributed by atoms with Crippen molar-refractivity contribution in [3.63, 3.8) is 0 Å². The molecule has 0 aliphatic heterocycles. The van der Waals surface area contributed by atoms with E-state index in [1.54, 1.807) is 12.1 Å². The van der Waals surface area contributed by atoms with Crippen LogP contribution >= 0.6 is 0 Å². The fourth-order valence-electron chi connectivity index (χ4n) is 2.92. The van der Waals surface area contributed by atoms with Gasteiger partial charge in [-0.2, -0.15) is 0 Å². The van der Waals surface area contributed by atoms with Crippen LogP contribution in [0.3, 0.4) is 0 Å². The zero-order chi connectivity index (χ0) is 21.7. The number of nitrogens with one attached hydrogen (secondary N) is 1. The summed E-state index contributed by atoms with van der Waals surface area (Å²) >= 11 is 0. The van der Waals surface area contributed by atoms with Crippen molar-refractivity contribution in [3.8, 4) is 11.5 Å². The highest BCUT2D eigenvalue weighted by Crippen LogP contribution is 2.24. The molecule has 158 valence electrons. The van der Waals surface area contributed by atoms with E-state index in [2.05, 4.69) is 24.1 Å². The lowest BCUT2D eigenvalue weighted by Gasteiger charge is -2.07. The molecule has 0 aliphatic carbocycles. The molecule has 0 radical (unpaired) electrons. The van der Waals surface area contributed by atoms with E-state index < -0.39 is 10.8 Å². The van der Waals surface area contributed by atoms with Crippen molar-refractivity contribution >= 4 is 16.7 Å². The van der Waals surface area contributed by atoms with Crippen molar-refractivity contribution in [2.24, 2.45) is 5.92 Å². The summed E-state index contributed by atoms with van der Waals surface area (Å²) in [7, 11) is -1.19. The van der Waals surface area contributed by atoms with Gasteiger partial charge in [-0.3, -0.25) is 9.00 Å². The summed E-state index contributed by atoms with van der Waals surface area (Å²) in [5, 5.41) is 2.93. The van der Waals surface area contributed by atoms with Gasteiger partial charge in [-0.15, -0.1) is 0 Å². The van der Waals surface area contributed by atoms with Gasteiger partial charge in [0, 0.05) is 22.6 Å². The minimum atomic E-state index is -1.19. The maximum absolute atomic E-state index is 12.7. The van der Waals surface area contributed by atoms with E-state index in [0.717, 1.165) is 22.4 Å². The summed E-state index contributed by atoms with van der Waals surface area (Å²) in [6, 6.07) is 14.9. The van der Waals surface area contributed by atoms with Gasteiger partial charge in [0.25, 0.3) is 5.91 Å². The summed E-state index contributed by atoms with van der Waals surface area (Å²) in [5.74, 6) is 1.89. The average Bonchev–Trinajstić information content (AvgIpc) is 3.08. The molecule has 3 rings (SSSR count). The van der Waals surface area contributed by atoms with Crippen LogP contribution in [0.2, 0.25) is 0 Å². The lowest BCUT2D eigenvalue weighted by atomic mass is 10.1. The third kappa shape index (κ3) is 5.66. The number of benzene rings is 2. The van der Waals surface area contributed by atoms with Crippen LogP contribution in [0, 0.1) is 19.8 Å². The van der Waals surface area contributed by atoms with E-state index in [-0.39, 0.29) is 5.91 Å². The Balaban J connectivity index is 1.67. The third-order valence-electron chi connectivity index (χ3n) is 4.85. The Labute approximate surface area is 180 Å². The van der Waals surface area contributed by atoms with E-state index in [9.17, 15) is 9.00 Å². The number of amides is 1. The summed E-state index contributed by atoms with van der Waals surface area (Å²) in [5.41, 5.74) is 3.20. The maximum Gasteiger partial charge on any atom is 0.251 e. The molecule has 6 heteroatoms. The monoisotopic (exact) mass is 424 g/mol. The van der Waals surface area contributed by atoms with Crippen LogP contribution in [-0.2, 0) is 16.6 Å². The molecule has 0 bridgehead atoms. The minimum Gasteiger partial charge on any atom is -0.441 e. The molecule has 1 N–H and O–H groups in total. The van der Waals surface area contributed by atoms with E-state index >= 15 is 0 Å². The minimum absolute atomic E-state index is 0.0834. The van der Waals surface area contributed by atoms with Gasteiger partial charge in [-0.1, -0.05) is 31.5 Å². The number of aromatic nitrogens is 1. The zero-order valence-electron chi connectivity index (χ0n) is 17.9. The molecular formula is C24H28N2O3S. The molecule has 1 atom stereocenters. The van der Waals surface area contributed by atoms with Crippen LogP contribution in [0.15, 0.2) is 57.8 Å². The molecule has 30 heavy (non-hydrogen) atoms. The van der Waals surface area contributed by atoms with Gasteiger partial charge < -0.3 is 9.73 Å². The van der Waals surface area contributed by atoms with Crippen LogP contribution in [0.5, 0.6) is 0 Å². The highest BCUT2D eigenvalue weighted by Gasteiger charge is 2.15.